The SMILES string of the molecule is C/C=C/C(=O)O[C@@H](C)C(=O)Nc1ccc(Cl)cc1Cl. The van der Waals surface area contributed by atoms with Gasteiger partial charge in [0.1, 0.15) is 0 Å². The maximum absolute atomic E-state index is 11.8. The molecule has 1 N–H and O–H groups in total. The summed E-state index contributed by atoms with van der Waals surface area (Å²) in [5.41, 5.74) is 0.407. The van der Waals surface area contributed by atoms with Crippen LogP contribution in [0, 0.1) is 0 Å². The monoisotopic (exact) mass is 301 g/mol. The largest absolute Gasteiger partial charge is 0.449 e. The lowest BCUT2D eigenvalue weighted by molar-refractivity contribution is -0.148. The summed E-state index contributed by atoms with van der Waals surface area (Å²) in [7, 11) is 0. The van der Waals surface area contributed by atoms with Gasteiger partial charge >= 0.3 is 5.97 Å². The number of ether oxygens (including phenoxy) is 1. The van der Waals surface area contributed by atoms with E-state index < -0.39 is 18.0 Å². The Bertz CT molecular complexity index is 515. The van der Waals surface area contributed by atoms with E-state index in [4.69, 9.17) is 27.9 Å². The fraction of sp³-hybridized carbons (Fsp3) is 0.231. The standard InChI is InChI=1S/C13H13Cl2NO3/c1-3-4-12(17)19-8(2)13(18)16-11-6-5-9(14)7-10(11)15/h3-8H,1-2H3,(H,16,18)/b4-3+/t8-/m0/s1. The first kappa shape index (κ1) is 15.5. The Morgan fingerprint density at radius 1 is 1.37 bits per heavy atom. The highest BCUT2D eigenvalue weighted by Crippen LogP contribution is 2.25. The van der Waals surface area contributed by atoms with Gasteiger partial charge in [0.15, 0.2) is 6.10 Å². The molecule has 1 amide bonds. The van der Waals surface area contributed by atoms with E-state index in [0.717, 1.165) is 0 Å². The third-order valence-corrected chi connectivity index (χ3v) is 2.70. The molecule has 0 aliphatic rings. The number of carbonyl (C=O) groups excluding carboxylic acids is 2. The normalized spacial score (nSPS) is 12.2. The third-order valence-electron chi connectivity index (χ3n) is 2.15. The van der Waals surface area contributed by atoms with Gasteiger partial charge in [0.25, 0.3) is 5.91 Å². The predicted molar refractivity (Wildman–Crippen MR) is 75.5 cm³/mol. The topological polar surface area (TPSA) is 55.4 Å². The Morgan fingerprint density at radius 2 is 2.05 bits per heavy atom. The highest BCUT2D eigenvalue weighted by atomic mass is 35.5. The molecule has 0 spiro atoms. The van der Waals surface area contributed by atoms with E-state index in [1.165, 1.54) is 25.1 Å². The number of rotatable bonds is 4. The van der Waals surface area contributed by atoms with Crippen molar-refractivity contribution in [2.75, 3.05) is 5.32 Å². The first-order chi connectivity index (χ1) is 8.93. The molecular formula is C13H13Cl2NO3. The van der Waals surface area contributed by atoms with Crippen molar-refractivity contribution in [3.63, 3.8) is 0 Å². The van der Waals surface area contributed by atoms with Crippen LogP contribution in [-0.4, -0.2) is 18.0 Å². The maximum atomic E-state index is 11.8. The third kappa shape index (κ3) is 4.93. The second-order valence-corrected chi connectivity index (χ2v) is 4.54. The smallest absolute Gasteiger partial charge is 0.331 e. The highest BCUT2D eigenvalue weighted by Gasteiger charge is 2.17. The number of hydrogen-bond donors (Lipinski definition) is 1. The summed E-state index contributed by atoms with van der Waals surface area (Å²) in [6, 6.07) is 4.68. The van der Waals surface area contributed by atoms with Crippen molar-refractivity contribution < 1.29 is 14.3 Å². The van der Waals surface area contributed by atoms with Crippen LogP contribution in [0.15, 0.2) is 30.4 Å². The number of hydrogen-bond acceptors (Lipinski definition) is 3. The highest BCUT2D eigenvalue weighted by molar-refractivity contribution is 6.36. The maximum Gasteiger partial charge on any atom is 0.331 e. The average molecular weight is 302 g/mol. The number of amides is 1. The Hall–Kier alpha value is -1.52. The quantitative estimate of drug-likeness (QED) is 0.684. The molecule has 0 aliphatic carbocycles. The summed E-state index contributed by atoms with van der Waals surface area (Å²) >= 11 is 11.7. The summed E-state index contributed by atoms with van der Waals surface area (Å²) in [5, 5.41) is 3.33. The number of anilines is 1. The van der Waals surface area contributed by atoms with Gasteiger partial charge in [-0.1, -0.05) is 29.3 Å². The van der Waals surface area contributed by atoms with Gasteiger partial charge in [-0.15, -0.1) is 0 Å². The van der Waals surface area contributed by atoms with Gasteiger partial charge in [0.05, 0.1) is 10.7 Å². The van der Waals surface area contributed by atoms with Crippen molar-refractivity contribution in [1.82, 2.24) is 0 Å². The van der Waals surface area contributed by atoms with E-state index in [2.05, 4.69) is 5.32 Å². The van der Waals surface area contributed by atoms with Gasteiger partial charge < -0.3 is 10.1 Å². The minimum Gasteiger partial charge on any atom is -0.449 e. The lowest BCUT2D eigenvalue weighted by Crippen LogP contribution is -2.29. The molecule has 0 unspecified atom stereocenters. The van der Waals surface area contributed by atoms with Crippen LogP contribution >= 0.6 is 23.2 Å². The van der Waals surface area contributed by atoms with Crippen LogP contribution in [0.4, 0.5) is 5.69 Å². The molecular weight excluding hydrogens is 289 g/mol. The summed E-state index contributed by atoms with van der Waals surface area (Å²) in [4.78, 5) is 23.0. The van der Waals surface area contributed by atoms with E-state index >= 15 is 0 Å². The Balaban J connectivity index is 2.66. The summed E-state index contributed by atoms with van der Waals surface area (Å²) in [6.45, 7) is 3.15. The Morgan fingerprint density at radius 3 is 2.63 bits per heavy atom. The molecule has 0 saturated heterocycles. The summed E-state index contributed by atoms with van der Waals surface area (Å²) in [6.07, 6.45) is 1.85. The Kier molecular flexibility index (Phi) is 5.86. The van der Waals surface area contributed by atoms with E-state index in [0.29, 0.717) is 15.7 Å². The first-order valence-corrected chi connectivity index (χ1v) is 6.29. The molecule has 1 atom stereocenters. The number of esters is 1. The summed E-state index contributed by atoms with van der Waals surface area (Å²) in [5.74, 6) is -1.05. The van der Waals surface area contributed by atoms with E-state index in [-0.39, 0.29) is 0 Å². The van der Waals surface area contributed by atoms with E-state index in [9.17, 15) is 9.59 Å². The first-order valence-electron chi connectivity index (χ1n) is 5.53. The lowest BCUT2D eigenvalue weighted by Gasteiger charge is -2.13. The van der Waals surface area contributed by atoms with Gasteiger partial charge in [0.2, 0.25) is 0 Å². The zero-order chi connectivity index (χ0) is 14.4. The van der Waals surface area contributed by atoms with Crippen LogP contribution in [0.25, 0.3) is 0 Å². The average Bonchev–Trinajstić information content (AvgIpc) is 2.32. The molecule has 19 heavy (non-hydrogen) atoms. The molecule has 1 aromatic carbocycles. The van der Waals surface area contributed by atoms with E-state index in [1.54, 1.807) is 19.1 Å². The van der Waals surface area contributed by atoms with Crippen LogP contribution in [-0.2, 0) is 14.3 Å². The van der Waals surface area contributed by atoms with Crippen molar-refractivity contribution in [3.05, 3.63) is 40.4 Å². The molecule has 0 fully saturated rings. The Labute approximate surface area is 121 Å². The molecule has 0 bridgehead atoms. The fourth-order valence-corrected chi connectivity index (χ4v) is 1.68. The van der Waals surface area contributed by atoms with Gasteiger partial charge in [0, 0.05) is 11.1 Å². The minimum absolute atomic E-state index is 0.313. The van der Waals surface area contributed by atoms with Crippen LogP contribution in [0.1, 0.15) is 13.8 Å². The van der Waals surface area contributed by atoms with E-state index in [1.807, 2.05) is 0 Å². The number of halogens is 2. The second-order valence-electron chi connectivity index (χ2n) is 3.69. The number of benzene rings is 1. The zero-order valence-corrected chi connectivity index (χ0v) is 12.0. The molecule has 1 rings (SSSR count). The second kappa shape index (κ2) is 7.16. The molecule has 102 valence electrons. The number of nitrogens with one attached hydrogen (secondary N) is 1. The molecule has 0 heterocycles. The molecule has 4 nitrogen and oxygen atoms in total. The lowest BCUT2D eigenvalue weighted by atomic mass is 10.3. The fourth-order valence-electron chi connectivity index (χ4n) is 1.23. The van der Waals surface area contributed by atoms with Crippen molar-refractivity contribution >= 4 is 40.8 Å². The number of allylic oxidation sites excluding steroid dienone is 1. The molecule has 0 saturated carbocycles. The summed E-state index contributed by atoms with van der Waals surface area (Å²) < 4.78 is 4.88. The van der Waals surface area contributed by atoms with Gasteiger partial charge in [-0.2, -0.15) is 0 Å². The number of carbonyl (C=O) groups is 2. The van der Waals surface area contributed by atoms with Crippen LogP contribution in [0.3, 0.4) is 0 Å². The van der Waals surface area contributed by atoms with Crippen LogP contribution < -0.4 is 5.32 Å². The van der Waals surface area contributed by atoms with Gasteiger partial charge in [-0.25, -0.2) is 4.79 Å². The molecule has 0 aromatic heterocycles. The minimum atomic E-state index is -0.921. The molecule has 6 heteroatoms. The van der Waals surface area contributed by atoms with Crippen LogP contribution in [0.5, 0.6) is 0 Å². The van der Waals surface area contributed by atoms with Crippen LogP contribution in [0.2, 0.25) is 10.0 Å². The van der Waals surface area contributed by atoms with Crippen molar-refractivity contribution in [2.24, 2.45) is 0 Å². The molecule has 0 radical (unpaired) electrons. The van der Waals surface area contributed by atoms with Crippen molar-refractivity contribution in [2.45, 2.75) is 20.0 Å². The predicted octanol–water partition coefficient (Wildman–Crippen LogP) is 3.44. The molecule has 0 aliphatic heterocycles. The van der Waals surface area contributed by atoms with Gasteiger partial charge in [-0.3, -0.25) is 4.79 Å². The zero-order valence-electron chi connectivity index (χ0n) is 10.4. The van der Waals surface area contributed by atoms with Crippen molar-refractivity contribution in [1.29, 1.82) is 0 Å². The molecule has 1 aromatic rings. The van der Waals surface area contributed by atoms with Gasteiger partial charge in [-0.05, 0) is 32.0 Å². The van der Waals surface area contributed by atoms with Crippen molar-refractivity contribution in [3.8, 4) is 0 Å².